The molecule has 2 unspecified atom stereocenters. The number of amides is 1. The van der Waals surface area contributed by atoms with Crippen molar-refractivity contribution in [3.63, 3.8) is 0 Å². The van der Waals surface area contributed by atoms with E-state index < -0.39 is 0 Å². The molecule has 0 aromatic heterocycles. The molecule has 3 heterocycles. The molecular formula is C18H27N3O2. The van der Waals surface area contributed by atoms with Crippen LogP contribution in [0.2, 0.25) is 0 Å². The van der Waals surface area contributed by atoms with Gasteiger partial charge in [0.1, 0.15) is 17.9 Å². The van der Waals surface area contributed by atoms with Gasteiger partial charge in [0.25, 0.3) is 0 Å². The average molecular weight is 317 g/mol. The van der Waals surface area contributed by atoms with E-state index in [0.29, 0.717) is 6.54 Å². The van der Waals surface area contributed by atoms with Crippen LogP contribution in [0, 0.1) is 6.92 Å². The van der Waals surface area contributed by atoms with Gasteiger partial charge in [-0.1, -0.05) is 18.2 Å². The summed E-state index contributed by atoms with van der Waals surface area (Å²) < 4.78 is 5.93. The Balaban J connectivity index is 1.50. The van der Waals surface area contributed by atoms with Crippen LogP contribution in [0.3, 0.4) is 0 Å². The minimum atomic E-state index is -0.0432. The van der Waals surface area contributed by atoms with E-state index in [-0.39, 0.29) is 18.1 Å². The Hall–Kier alpha value is -1.59. The maximum Gasteiger partial charge on any atom is 0.238 e. The first-order valence-electron chi connectivity index (χ1n) is 8.60. The van der Waals surface area contributed by atoms with Crippen LogP contribution < -0.4 is 10.1 Å². The molecule has 3 aliphatic heterocycles. The fourth-order valence-corrected chi connectivity index (χ4v) is 3.40. The number of piperazine rings is 1. The van der Waals surface area contributed by atoms with Crippen molar-refractivity contribution in [1.82, 2.24) is 15.1 Å². The van der Waals surface area contributed by atoms with Crippen LogP contribution >= 0.6 is 0 Å². The minimum absolute atomic E-state index is 0.00286. The van der Waals surface area contributed by atoms with Crippen molar-refractivity contribution in [3.05, 3.63) is 29.8 Å². The molecule has 3 aliphatic rings. The Morgan fingerprint density at radius 3 is 2.96 bits per heavy atom. The molecule has 0 radical (unpaired) electrons. The molecule has 0 aliphatic carbocycles. The molecule has 1 aromatic carbocycles. The summed E-state index contributed by atoms with van der Waals surface area (Å²) in [5.41, 5.74) is 1.12. The second-order valence-corrected chi connectivity index (χ2v) is 6.65. The summed E-state index contributed by atoms with van der Waals surface area (Å²) in [6, 6.07) is 7.97. The number of carbonyl (C=O) groups is 1. The fourth-order valence-electron chi connectivity index (χ4n) is 3.40. The summed E-state index contributed by atoms with van der Waals surface area (Å²) in [7, 11) is 0. The van der Waals surface area contributed by atoms with E-state index in [2.05, 4.69) is 15.1 Å². The number of hydrogen-bond acceptors (Lipinski definition) is 4. The fraction of sp³-hybridized carbons (Fsp3) is 0.611. The summed E-state index contributed by atoms with van der Waals surface area (Å²) in [6.45, 7) is 9.68. The first-order valence-corrected chi connectivity index (χ1v) is 8.60. The van der Waals surface area contributed by atoms with E-state index in [1.165, 1.54) is 0 Å². The zero-order valence-electron chi connectivity index (χ0n) is 14.1. The molecule has 1 amide bonds. The van der Waals surface area contributed by atoms with Gasteiger partial charge in [-0.15, -0.1) is 0 Å². The lowest BCUT2D eigenvalue weighted by Crippen LogP contribution is -2.57. The SMILES string of the molecule is Cc1ccccc1O[C@@H](C)CNC(=O)[C@@H]1CN2CCCN1CC2. The third kappa shape index (κ3) is 4.03. The molecule has 2 bridgehead atoms. The number of fused-ring (bicyclic) bond motifs is 4. The highest BCUT2D eigenvalue weighted by Gasteiger charge is 2.34. The monoisotopic (exact) mass is 317 g/mol. The Morgan fingerprint density at radius 2 is 2.13 bits per heavy atom. The highest BCUT2D eigenvalue weighted by Crippen LogP contribution is 2.18. The van der Waals surface area contributed by atoms with Crippen LogP contribution in [0.1, 0.15) is 18.9 Å². The van der Waals surface area contributed by atoms with Gasteiger partial charge in [-0.3, -0.25) is 14.6 Å². The van der Waals surface area contributed by atoms with E-state index in [1.54, 1.807) is 0 Å². The summed E-state index contributed by atoms with van der Waals surface area (Å²) in [5, 5.41) is 3.07. The molecule has 4 rings (SSSR count). The molecular weight excluding hydrogens is 290 g/mol. The second-order valence-electron chi connectivity index (χ2n) is 6.65. The van der Waals surface area contributed by atoms with Gasteiger partial charge >= 0.3 is 0 Å². The number of hydrogen-bond donors (Lipinski definition) is 1. The summed E-state index contributed by atoms with van der Waals surface area (Å²) in [6.07, 6.45) is 1.12. The first kappa shape index (κ1) is 16.3. The van der Waals surface area contributed by atoms with Crippen LogP contribution in [0.5, 0.6) is 5.75 Å². The molecule has 4 atom stereocenters. The maximum absolute atomic E-state index is 12.5. The number of aryl methyl sites for hydroxylation is 1. The first-order chi connectivity index (χ1) is 11.1. The van der Waals surface area contributed by atoms with Gasteiger partial charge in [0, 0.05) is 26.2 Å². The van der Waals surface area contributed by atoms with Crippen molar-refractivity contribution < 1.29 is 9.53 Å². The van der Waals surface area contributed by atoms with E-state index in [9.17, 15) is 4.79 Å². The molecule has 126 valence electrons. The van der Waals surface area contributed by atoms with Crippen molar-refractivity contribution in [1.29, 1.82) is 0 Å². The van der Waals surface area contributed by atoms with Crippen molar-refractivity contribution in [2.24, 2.45) is 0 Å². The summed E-state index contributed by atoms with van der Waals surface area (Å²) >= 11 is 0. The predicted molar refractivity (Wildman–Crippen MR) is 90.7 cm³/mol. The normalized spacial score (nSPS) is 28.0. The highest BCUT2D eigenvalue weighted by atomic mass is 16.5. The number of ether oxygens (including phenoxy) is 1. The van der Waals surface area contributed by atoms with Gasteiger partial charge in [-0.2, -0.15) is 0 Å². The van der Waals surface area contributed by atoms with Crippen LogP contribution in [0.15, 0.2) is 24.3 Å². The maximum atomic E-state index is 12.5. The van der Waals surface area contributed by atoms with Gasteiger partial charge in [0.15, 0.2) is 0 Å². The lowest BCUT2D eigenvalue weighted by atomic mass is 10.1. The van der Waals surface area contributed by atoms with Gasteiger partial charge in [0.05, 0.1) is 6.54 Å². The number of nitrogens with zero attached hydrogens (tertiary/aromatic N) is 2. The highest BCUT2D eigenvalue weighted by molar-refractivity contribution is 5.82. The molecule has 0 saturated carbocycles. The molecule has 3 saturated heterocycles. The minimum Gasteiger partial charge on any atom is -0.489 e. The van der Waals surface area contributed by atoms with Crippen LogP contribution in [0.25, 0.3) is 0 Å². The smallest absolute Gasteiger partial charge is 0.238 e. The van der Waals surface area contributed by atoms with E-state index in [1.807, 2.05) is 38.1 Å². The zero-order valence-corrected chi connectivity index (χ0v) is 14.1. The largest absolute Gasteiger partial charge is 0.489 e. The molecule has 3 fully saturated rings. The number of para-hydroxylation sites is 1. The summed E-state index contributed by atoms with van der Waals surface area (Å²) in [4.78, 5) is 17.3. The lowest BCUT2D eigenvalue weighted by molar-refractivity contribution is -0.128. The third-order valence-corrected chi connectivity index (χ3v) is 4.78. The zero-order chi connectivity index (χ0) is 16.2. The quantitative estimate of drug-likeness (QED) is 0.888. The molecule has 5 nitrogen and oxygen atoms in total. The van der Waals surface area contributed by atoms with Crippen molar-refractivity contribution in [3.8, 4) is 5.75 Å². The van der Waals surface area contributed by atoms with Gasteiger partial charge in [0.2, 0.25) is 5.91 Å². The Kier molecular flexibility index (Phi) is 5.18. The average Bonchev–Trinajstić information content (AvgIpc) is 2.90. The topological polar surface area (TPSA) is 44.8 Å². The standard InChI is InChI=1S/C18H27N3O2/c1-14-6-3-4-7-17(14)23-15(2)12-19-18(22)16-13-20-8-5-9-21(16)11-10-20/h3-4,6-7,15-16H,5,8-13H2,1-2H3,(H,19,22)/t15-,16-/m0/s1. The van der Waals surface area contributed by atoms with Crippen LogP contribution in [-0.2, 0) is 4.79 Å². The van der Waals surface area contributed by atoms with Gasteiger partial charge < -0.3 is 10.1 Å². The van der Waals surface area contributed by atoms with E-state index >= 15 is 0 Å². The van der Waals surface area contributed by atoms with E-state index in [4.69, 9.17) is 4.74 Å². The lowest BCUT2D eigenvalue weighted by Gasteiger charge is -2.36. The third-order valence-electron chi connectivity index (χ3n) is 4.78. The number of nitrogens with one attached hydrogen (secondary N) is 1. The Labute approximate surface area is 138 Å². The van der Waals surface area contributed by atoms with Crippen molar-refractivity contribution in [2.45, 2.75) is 32.4 Å². The second kappa shape index (κ2) is 7.32. The number of rotatable bonds is 5. The van der Waals surface area contributed by atoms with E-state index in [0.717, 1.165) is 50.5 Å². The van der Waals surface area contributed by atoms with Crippen LogP contribution in [-0.4, -0.2) is 67.1 Å². The molecule has 1 N–H and O–H groups in total. The predicted octanol–water partition coefficient (Wildman–Crippen LogP) is 1.27. The molecule has 5 heteroatoms. The molecule has 0 spiro atoms. The molecule has 23 heavy (non-hydrogen) atoms. The Morgan fingerprint density at radius 1 is 1.30 bits per heavy atom. The number of benzene rings is 1. The van der Waals surface area contributed by atoms with Gasteiger partial charge in [-0.25, -0.2) is 0 Å². The van der Waals surface area contributed by atoms with Crippen molar-refractivity contribution in [2.75, 3.05) is 39.3 Å². The summed E-state index contributed by atoms with van der Waals surface area (Å²) in [5.74, 6) is 1.02. The Bertz CT molecular complexity index is 545. The number of carbonyl (C=O) groups excluding carboxylic acids is 1. The van der Waals surface area contributed by atoms with Crippen LogP contribution in [0.4, 0.5) is 0 Å². The van der Waals surface area contributed by atoms with Gasteiger partial charge in [-0.05, 0) is 38.4 Å². The van der Waals surface area contributed by atoms with Crippen molar-refractivity contribution >= 4 is 5.91 Å². The molecule has 1 aromatic rings.